The molecule has 3 nitrogen and oxygen atoms in total. The molecule has 1 aromatic carbocycles. The van der Waals surface area contributed by atoms with E-state index in [1.54, 1.807) is 0 Å². The molecule has 0 bridgehead atoms. The fraction of sp³-hybridized carbons (Fsp3) is 0.300. The largest absolute Gasteiger partial charge is 0.445 e. The first-order chi connectivity index (χ1) is 6.68. The Morgan fingerprint density at radius 3 is 2.71 bits per heavy atom. The average Bonchev–Trinajstić information content (AvgIpc) is 2.15. The van der Waals surface area contributed by atoms with Gasteiger partial charge in [0.15, 0.2) is 0 Å². The van der Waals surface area contributed by atoms with Crippen molar-refractivity contribution in [1.29, 1.82) is 0 Å². The highest BCUT2D eigenvalue weighted by molar-refractivity contribution is 14.1. The Kier molecular flexibility index (Phi) is 4.72. The van der Waals surface area contributed by atoms with Crippen LogP contribution in [0.3, 0.4) is 0 Å². The van der Waals surface area contributed by atoms with E-state index in [9.17, 15) is 4.79 Å². The highest BCUT2D eigenvalue weighted by Gasteiger charge is 2.04. The number of benzene rings is 1. The first kappa shape index (κ1) is 11.3. The van der Waals surface area contributed by atoms with Crippen molar-refractivity contribution in [2.24, 2.45) is 0 Å². The van der Waals surface area contributed by atoms with Crippen LogP contribution in [-0.4, -0.2) is 10.1 Å². The highest BCUT2D eigenvalue weighted by Crippen LogP contribution is 2.01. The number of carbonyl (C=O) groups excluding carboxylic acids is 1. The Morgan fingerprint density at radius 2 is 2.14 bits per heavy atom. The summed E-state index contributed by atoms with van der Waals surface area (Å²) < 4.78 is 5.06. The van der Waals surface area contributed by atoms with Gasteiger partial charge in [-0.05, 0) is 12.5 Å². The number of carbonyl (C=O) groups is 1. The third-order valence-electron chi connectivity index (χ3n) is 1.53. The van der Waals surface area contributed by atoms with E-state index in [1.165, 1.54) is 0 Å². The summed E-state index contributed by atoms with van der Waals surface area (Å²) in [7, 11) is 0. The van der Waals surface area contributed by atoms with E-state index in [0.29, 0.717) is 6.61 Å². The van der Waals surface area contributed by atoms with Gasteiger partial charge in [0, 0.05) is 0 Å². The maximum atomic E-state index is 11.1. The summed E-state index contributed by atoms with van der Waals surface area (Å²) in [6, 6.07) is 9.59. The van der Waals surface area contributed by atoms with Crippen molar-refractivity contribution < 1.29 is 9.53 Å². The molecule has 0 saturated carbocycles. The Hall–Kier alpha value is -0.780. The van der Waals surface area contributed by atoms with E-state index in [-0.39, 0.29) is 10.1 Å². The van der Waals surface area contributed by atoms with Crippen molar-refractivity contribution in [3.05, 3.63) is 35.9 Å². The molecule has 4 heteroatoms. The van der Waals surface area contributed by atoms with Crippen molar-refractivity contribution in [1.82, 2.24) is 5.32 Å². The molecular formula is C10H12INO2. The van der Waals surface area contributed by atoms with Crippen LogP contribution >= 0.6 is 22.6 Å². The monoisotopic (exact) mass is 305 g/mol. The first-order valence-corrected chi connectivity index (χ1v) is 5.54. The van der Waals surface area contributed by atoms with E-state index in [0.717, 1.165) is 5.56 Å². The summed E-state index contributed by atoms with van der Waals surface area (Å²) in [6.45, 7) is 2.19. The number of nitrogens with one attached hydrogen (secondary N) is 1. The summed E-state index contributed by atoms with van der Waals surface area (Å²) in [5.41, 5.74) is 0.990. The fourth-order valence-electron chi connectivity index (χ4n) is 0.927. The topological polar surface area (TPSA) is 38.3 Å². The lowest BCUT2D eigenvalue weighted by molar-refractivity contribution is 0.139. The molecule has 0 aliphatic heterocycles. The smallest absolute Gasteiger partial charge is 0.408 e. The molecule has 0 fully saturated rings. The van der Waals surface area contributed by atoms with E-state index in [1.807, 2.05) is 37.3 Å². The first-order valence-electron chi connectivity index (χ1n) is 4.30. The van der Waals surface area contributed by atoms with Crippen LogP contribution in [-0.2, 0) is 11.3 Å². The molecule has 1 aromatic rings. The van der Waals surface area contributed by atoms with Crippen LogP contribution in [0, 0.1) is 0 Å². The van der Waals surface area contributed by atoms with Crippen LogP contribution in [0.2, 0.25) is 0 Å². The molecular weight excluding hydrogens is 293 g/mol. The minimum atomic E-state index is -0.379. The van der Waals surface area contributed by atoms with Gasteiger partial charge in [-0.25, -0.2) is 4.79 Å². The number of halogens is 1. The van der Waals surface area contributed by atoms with Gasteiger partial charge in [-0.15, -0.1) is 0 Å². The molecule has 1 rings (SSSR count). The third kappa shape index (κ3) is 4.45. The summed E-state index contributed by atoms with van der Waals surface area (Å²) in [5.74, 6) is 0. The summed E-state index contributed by atoms with van der Waals surface area (Å²) in [5, 5.41) is 2.64. The highest BCUT2D eigenvalue weighted by atomic mass is 127. The predicted octanol–water partition coefficient (Wildman–Crippen LogP) is 2.69. The number of hydrogen-bond donors (Lipinski definition) is 1. The van der Waals surface area contributed by atoms with Crippen LogP contribution in [0.4, 0.5) is 4.79 Å². The maximum Gasteiger partial charge on any atom is 0.408 e. The quantitative estimate of drug-likeness (QED) is 0.530. The minimum Gasteiger partial charge on any atom is -0.445 e. The minimum absolute atomic E-state index is 0.0795. The summed E-state index contributed by atoms with van der Waals surface area (Å²) >= 11 is 2.10. The SMILES string of the molecule is C[C@H](I)NC(=O)OCc1ccccc1. The van der Waals surface area contributed by atoms with Gasteiger partial charge in [0.25, 0.3) is 0 Å². The van der Waals surface area contributed by atoms with Gasteiger partial charge in [0.1, 0.15) is 6.61 Å². The van der Waals surface area contributed by atoms with Crippen molar-refractivity contribution in [3.8, 4) is 0 Å². The Balaban J connectivity index is 2.31. The molecule has 0 saturated heterocycles. The molecule has 0 aliphatic carbocycles. The summed E-state index contributed by atoms with van der Waals surface area (Å²) in [6.07, 6.45) is -0.379. The van der Waals surface area contributed by atoms with Gasteiger partial charge < -0.3 is 10.1 Å². The number of ether oxygens (including phenoxy) is 1. The number of alkyl halides is 1. The zero-order valence-corrected chi connectivity index (χ0v) is 10.0. The van der Waals surface area contributed by atoms with Crippen LogP contribution in [0.15, 0.2) is 30.3 Å². The number of rotatable bonds is 3. The molecule has 76 valence electrons. The van der Waals surface area contributed by atoms with Gasteiger partial charge in [-0.2, -0.15) is 0 Å². The molecule has 1 amide bonds. The van der Waals surface area contributed by atoms with Crippen molar-refractivity contribution in [3.63, 3.8) is 0 Å². The standard InChI is InChI=1S/C10H12INO2/c1-8(11)12-10(13)14-7-9-5-3-2-4-6-9/h2-6,8H,7H2,1H3,(H,12,13)/t8-/m1/s1. The molecule has 0 heterocycles. The van der Waals surface area contributed by atoms with Gasteiger partial charge in [0.05, 0.1) is 4.05 Å². The van der Waals surface area contributed by atoms with Crippen LogP contribution in [0.5, 0.6) is 0 Å². The van der Waals surface area contributed by atoms with Crippen molar-refractivity contribution >= 4 is 28.7 Å². The van der Waals surface area contributed by atoms with Crippen molar-refractivity contribution in [2.75, 3.05) is 0 Å². The molecule has 0 aliphatic rings. The van der Waals surface area contributed by atoms with Gasteiger partial charge in [0.2, 0.25) is 0 Å². The lowest BCUT2D eigenvalue weighted by Gasteiger charge is -2.07. The molecule has 0 spiro atoms. The Bertz CT molecular complexity index is 287. The zero-order valence-electron chi connectivity index (χ0n) is 7.87. The second-order valence-electron chi connectivity index (χ2n) is 2.82. The van der Waals surface area contributed by atoms with Gasteiger partial charge >= 0.3 is 6.09 Å². The second kappa shape index (κ2) is 5.85. The van der Waals surface area contributed by atoms with Gasteiger partial charge in [-0.1, -0.05) is 52.9 Å². The predicted molar refractivity (Wildman–Crippen MR) is 63.2 cm³/mol. The van der Waals surface area contributed by atoms with E-state index in [4.69, 9.17) is 4.74 Å². The molecule has 1 atom stereocenters. The number of hydrogen-bond acceptors (Lipinski definition) is 2. The number of alkyl carbamates (subject to hydrolysis) is 1. The zero-order chi connectivity index (χ0) is 10.4. The third-order valence-corrected chi connectivity index (χ3v) is 1.84. The maximum absolute atomic E-state index is 11.1. The Morgan fingerprint density at radius 1 is 1.50 bits per heavy atom. The Labute approximate surface area is 97.0 Å². The van der Waals surface area contributed by atoms with E-state index >= 15 is 0 Å². The van der Waals surface area contributed by atoms with E-state index in [2.05, 4.69) is 27.9 Å². The molecule has 0 aromatic heterocycles. The summed E-state index contributed by atoms with van der Waals surface area (Å²) in [4.78, 5) is 11.1. The second-order valence-corrected chi connectivity index (χ2v) is 4.69. The molecule has 0 unspecified atom stereocenters. The lowest BCUT2D eigenvalue weighted by Crippen LogP contribution is -2.28. The molecule has 14 heavy (non-hydrogen) atoms. The lowest BCUT2D eigenvalue weighted by atomic mass is 10.2. The van der Waals surface area contributed by atoms with Crippen LogP contribution in [0.1, 0.15) is 12.5 Å². The fourth-order valence-corrected chi connectivity index (χ4v) is 1.18. The van der Waals surface area contributed by atoms with Crippen molar-refractivity contribution in [2.45, 2.75) is 17.6 Å². The van der Waals surface area contributed by atoms with Crippen LogP contribution < -0.4 is 5.32 Å². The normalized spacial score (nSPS) is 11.9. The average molecular weight is 305 g/mol. The molecule has 1 N–H and O–H groups in total. The van der Waals surface area contributed by atoms with Gasteiger partial charge in [-0.3, -0.25) is 0 Å². The van der Waals surface area contributed by atoms with E-state index < -0.39 is 0 Å². The number of amides is 1. The van der Waals surface area contributed by atoms with Crippen LogP contribution in [0.25, 0.3) is 0 Å². The molecule has 0 radical (unpaired) electrons.